The molecule has 2 N–H and O–H groups in total. The minimum atomic E-state index is 0.738. The summed E-state index contributed by atoms with van der Waals surface area (Å²) >= 11 is 1.82. The quantitative estimate of drug-likeness (QED) is 0.503. The monoisotopic (exact) mass is 288 g/mol. The van der Waals surface area contributed by atoms with Crippen LogP contribution in [0.2, 0.25) is 0 Å². The van der Waals surface area contributed by atoms with Crippen LogP contribution in [0.4, 0.5) is 0 Å². The predicted molar refractivity (Wildman–Crippen MR) is 88.3 cm³/mol. The van der Waals surface area contributed by atoms with Gasteiger partial charge in [-0.25, -0.2) is 0 Å². The van der Waals surface area contributed by atoms with Crippen LogP contribution in [0.25, 0.3) is 10.9 Å². The Hall–Kier alpha value is -1.75. The van der Waals surface area contributed by atoms with Crippen molar-refractivity contribution in [3.8, 4) is 0 Å². The summed E-state index contributed by atoms with van der Waals surface area (Å²) in [6.07, 6.45) is 3.95. The van der Waals surface area contributed by atoms with Crippen molar-refractivity contribution in [2.75, 3.05) is 25.6 Å². The molecule has 0 saturated heterocycles. The van der Waals surface area contributed by atoms with E-state index in [2.05, 4.69) is 32.9 Å². The van der Waals surface area contributed by atoms with Crippen molar-refractivity contribution in [3.63, 3.8) is 0 Å². The molecule has 4 nitrogen and oxygen atoms in total. The molecule has 1 heterocycles. The molecule has 0 fully saturated rings. The molecular formula is C15H20N4S. The molecule has 1 aromatic heterocycles. The van der Waals surface area contributed by atoms with E-state index in [-0.39, 0.29) is 0 Å². The number of aromatic nitrogens is 1. The summed E-state index contributed by atoms with van der Waals surface area (Å²) in [6, 6.07) is 10.2. The van der Waals surface area contributed by atoms with Gasteiger partial charge in [-0.05, 0) is 24.0 Å². The number of fused-ring (bicyclic) bond motifs is 1. The molecule has 0 bridgehead atoms. The number of aliphatic imine (C=N–C) groups is 1. The first kappa shape index (κ1) is 14.7. The first-order valence-corrected chi connectivity index (χ1v) is 8.00. The molecule has 0 amide bonds. The van der Waals surface area contributed by atoms with Gasteiger partial charge in [0, 0.05) is 37.5 Å². The van der Waals surface area contributed by atoms with Gasteiger partial charge in [-0.3, -0.25) is 9.98 Å². The lowest BCUT2D eigenvalue weighted by molar-refractivity contribution is 0.836. The average molecular weight is 288 g/mol. The second-order valence-corrected chi connectivity index (χ2v) is 5.32. The van der Waals surface area contributed by atoms with E-state index in [1.54, 1.807) is 7.05 Å². The zero-order valence-corrected chi connectivity index (χ0v) is 12.7. The van der Waals surface area contributed by atoms with Crippen molar-refractivity contribution in [1.29, 1.82) is 0 Å². The number of guanidine groups is 1. The Bertz CT molecular complexity index is 578. The van der Waals surface area contributed by atoms with Crippen LogP contribution in [0.3, 0.4) is 0 Å². The summed E-state index contributed by atoms with van der Waals surface area (Å²) in [5.41, 5.74) is 2.25. The maximum absolute atomic E-state index is 4.37. The molecule has 0 atom stereocenters. The fourth-order valence-electron chi connectivity index (χ4n) is 1.98. The lowest BCUT2D eigenvalue weighted by Gasteiger charge is -2.12. The zero-order chi connectivity index (χ0) is 14.2. The van der Waals surface area contributed by atoms with Gasteiger partial charge >= 0.3 is 0 Å². The normalized spacial score (nSPS) is 11.6. The number of thioether (sulfide) groups is 1. The second kappa shape index (κ2) is 7.75. The predicted octanol–water partition coefficient (Wildman–Crippen LogP) is 2.26. The van der Waals surface area contributed by atoms with E-state index >= 15 is 0 Å². The maximum atomic E-state index is 4.37. The number of hydrogen-bond donors (Lipinski definition) is 2. The summed E-state index contributed by atoms with van der Waals surface area (Å²) < 4.78 is 0. The molecule has 2 aromatic rings. The largest absolute Gasteiger partial charge is 0.356 e. The van der Waals surface area contributed by atoms with E-state index < -0.39 is 0 Å². The van der Waals surface area contributed by atoms with Crippen molar-refractivity contribution in [2.45, 2.75) is 6.54 Å². The van der Waals surface area contributed by atoms with Gasteiger partial charge in [0.1, 0.15) is 0 Å². The maximum Gasteiger partial charge on any atom is 0.191 e. The molecule has 20 heavy (non-hydrogen) atoms. The number of rotatable bonds is 5. The Morgan fingerprint density at radius 1 is 1.25 bits per heavy atom. The van der Waals surface area contributed by atoms with Gasteiger partial charge in [0.25, 0.3) is 0 Å². The summed E-state index contributed by atoms with van der Waals surface area (Å²) in [6.45, 7) is 1.65. The number of nitrogens with one attached hydrogen (secondary N) is 2. The molecule has 0 radical (unpaired) electrons. The van der Waals surface area contributed by atoms with Crippen molar-refractivity contribution in [3.05, 3.63) is 42.1 Å². The highest BCUT2D eigenvalue weighted by Crippen LogP contribution is 2.15. The van der Waals surface area contributed by atoms with E-state index in [0.29, 0.717) is 0 Å². The highest BCUT2D eigenvalue weighted by atomic mass is 32.2. The van der Waals surface area contributed by atoms with Crippen LogP contribution in [0.15, 0.2) is 41.5 Å². The van der Waals surface area contributed by atoms with Crippen LogP contribution < -0.4 is 10.6 Å². The third-order valence-electron chi connectivity index (χ3n) is 3.01. The summed E-state index contributed by atoms with van der Waals surface area (Å²) in [4.78, 5) is 8.60. The van der Waals surface area contributed by atoms with E-state index in [1.807, 2.05) is 42.2 Å². The minimum absolute atomic E-state index is 0.738. The van der Waals surface area contributed by atoms with Gasteiger partial charge in [-0.2, -0.15) is 11.8 Å². The Balaban J connectivity index is 2.01. The SMILES string of the molecule is CN=C(NCCSC)NCc1ccnc2ccccc12. The molecule has 5 heteroatoms. The molecule has 0 aliphatic rings. The van der Waals surface area contributed by atoms with Gasteiger partial charge in [0.15, 0.2) is 5.96 Å². The molecule has 1 aromatic carbocycles. The standard InChI is InChI=1S/C15H20N4S/c1-16-15(18-9-10-20-2)19-11-12-7-8-17-14-6-4-3-5-13(12)14/h3-8H,9-11H2,1-2H3,(H2,16,18,19). The van der Waals surface area contributed by atoms with Gasteiger partial charge in [-0.1, -0.05) is 18.2 Å². The molecule has 0 spiro atoms. The third-order valence-corrected chi connectivity index (χ3v) is 3.62. The molecular weight excluding hydrogens is 268 g/mol. The van der Waals surface area contributed by atoms with E-state index in [4.69, 9.17) is 0 Å². The van der Waals surface area contributed by atoms with Crippen LogP contribution >= 0.6 is 11.8 Å². The van der Waals surface area contributed by atoms with Crippen molar-refractivity contribution in [2.24, 2.45) is 4.99 Å². The van der Waals surface area contributed by atoms with Crippen LogP contribution in [-0.4, -0.2) is 36.5 Å². The number of benzene rings is 1. The van der Waals surface area contributed by atoms with E-state index in [0.717, 1.165) is 30.3 Å². The second-order valence-electron chi connectivity index (χ2n) is 4.33. The van der Waals surface area contributed by atoms with Crippen LogP contribution in [0, 0.1) is 0 Å². The minimum Gasteiger partial charge on any atom is -0.356 e. The Morgan fingerprint density at radius 2 is 2.10 bits per heavy atom. The zero-order valence-electron chi connectivity index (χ0n) is 11.9. The smallest absolute Gasteiger partial charge is 0.191 e. The first-order chi connectivity index (χ1) is 9.85. The summed E-state index contributed by atoms with van der Waals surface area (Å²) in [5, 5.41) is 7.81. The molecule has 0 aliphatic heterocycles. The molecule has 2 rings (SSSR count). The van der Waals surface area contributed by atoms with Gasteiger partial charge < -0.3 is 10.6 Å². The highest BCUT2D eigenvalue weighted by molar-refractivity contribution is 7.98. The number of nitrogens with zero attached hydrogens (tertiary/aromatic N) is 2. The average Bonchev–Trinajstić information content (AvgIpc) is 2.50. The number of hydrogen-bond acceptors (Lipinski definition) is 3. The summed E-state index contributed by atoms with van der Waals surface area (Å²) in [5.74, 6) is 1.90. The van der Waals surface area contributed by atoms with Crippen LogP contribution in [-0.2, 0) is 6.54 Å². The number of pyridine rings is 1. The third kappa shape index (κ3) is 3.87. The Kier molecular flexibility index (Phi) is 5.68. The Morgan fingerprint density at radius 3 is 2.90 bits per heavy atom. The Labute approximate surface area is 124 Å². The van der Waals surface area contributed by atoms with Crippen LogP contribution in [0.5, 0.6) is 0 Å². The molecule has 0 aliphatic carbocycles. The molecule has 0 saturated carbocycles. The number of para-hydroxylation sites is 1. The van der Waals surface area contributed by atoms with Gasteiger partial charge in [-0.15, -0.1) is 0 Å². The lowest BCUT2D eigenvalue weighted by atomic mass is 10.1. The first-order valence-electron chi connectivity index (χ1n) is 6.61. The fraction of sp³-hybridized carbons (Fsp3) is 0.333. The van der Waals surface area contributed by atoms with Gasteiger partial charge in [0.05, 0.1) is 5.52 Å². The molecule has 0 unspecified atom stereocenters. The lowest BCUT2D eigenvalue weighted by Crippen LogP contribution is -2.37. The van der Waals surface area contributed by atoms with Crippen molar-refractivity contribution < 1.29 is 0 Å². The van der Waals surface area contributed by atoms with Crippen molar-refractivity contribution in [1.82, 2.24) is 15.6 Å². The molecule has 106 valence electrons. The topological polar surface area (TPSA) is 49.3 Å². The van der Waals surface area contributed by atoms with E-state index in [1.165, 1.54) is 10.9 Å². The van der Waals surface area contributed by atoms with Crippen molar-refractivity contribution >= 4 is 28.6 Å². The fourth-order valence-corrected chi connectivity index (χ4v) is 2.29. The highest BCUT2D eigenvalue weighted by Gasteiger charge is 2.02. The van der Waals surface area contributed by atoms with Gasteiger partial charge in [0.2, 0.25) is 0 Å². The van der Waals surface area contributed by atoms with Crippen LogP contribution in [0.1, 0.15) is 5.56 Å². The van der Waals surface area contributed by atoms with E-state index in [9.17, 15) is 0 Å². The summed E-state index contributed by atoms with van der Waals surface area (Å²) in [7, 11) is 1.79.